The number of carbonyl (C=O) groups excluding carboxylic acids is 2. The summed E-state index contributed by atoms with van der Waals surface area (Å²) in [6.45, 7) is 6.67. The van der Waals surface area contributed by atoms with Gasteiger partial charge in [0.2, 0.25) is 11.0 Å². The summed E-state index contributed by atoms with van der Waals surface area (Å²) in [6, 6.07) is 13.7. The molecule has 4 rings (SSSR count). The summed E-state index contributed by atoms with van der Waals surface area (Å²) in [4.78, 5) is 26.9. The third kappa shape index (κ3) is 4.11. The third-order valence-corrected chi connectivity index (χ3v) is 6.56. The van der Waals surface area contributed by atoms with Crippen LogP contribution in [0.5, 0.6) is 0 Å². The lowest BCUT2D eigenvalue weighted by Crippen LogP contribution is -2.24. The highest BCUT2D eigenvalue weighted by atomic mass is 32.1. The van der Waals surface area contributed by atoms with E-state index in [0.29, 0.717) is 23.7 Å². The number of hydrogen-bond donors (Lipinski definition) is 1. The first-order chi connectivity index (χ1) is 14.4. The van der Waals surface area contributed by atoms with E-state index in [1.807, 2.05) is 38.1 Å². The molecule has 7 heteroatoms. The summed E-state index contributed by atoms with van der Waals surface area (Å²) in [5.74, 6) is -0.144. The zero-order valence-electron chi connectivity index (χ0n) is 17.3. The lowest BCUT2D eigenvalue weighted by atomic mass is 10.1. The van der Waals surface area contributed by atoms with Gasteiger partial charge in [-0.15, -0.1) is 10.2 Å². The molecule has 1 N–H and O–H groups in total. The minimum atomic E-state index is -0.207. The van der Waals surface area contributed by atoms with Gasteiger partial charge in [-0.3, -0.25) is 14.9 Å². The van der Waals surface area contributed by atoms with E-state index in [0.717, 1.165) is 28.2 Å². The van der Waals surface area contributed by atoms with E-state index in [1.54, 1.807) is 11.0 Å². The highest BCUT2D eigenvalue weighted by Crippen LogP contribution is 2.34. The Hall–Kier alpha value is -3.06. The molecule has 1 fully saturated rings. The largest absolute Gasteiger partial charge is 0.312 e. The molecule has 1 aliphatic heterocycles. The van der Waals surface area contributed by atoms with Gasteiger partial charge in [0.15, 0.2) is 0 Å². The Kier molecular flexibility index (Phi) is 5.63. The molecular formula is C23H24N4O2S. The third-order valence-electron chi connectivity index (χ3n) is 5.56. The van der Waals surface area contributed by atoms with Gasteiger partial charge < -0.3 is 4.90 Å². The second kappa shape index (κ2) is 8.36. The molecule has 0 bridgehead atoms. The average Bonchev–Trinajstić information content (AvgIpc) is 3.36. The highest BCUT2D eigenvalue weighted by Gasteiger charge is 2.34. The Morgan fingerprint density at radius 1 is 1.13 bits per heavy atom. The van der Waals surface area contributed by atoms with Crippen LogP contribution in [0.1, 0.15) is 51.3 Å². The van der Waals surface area contributed by atoms with Crippen LogP contribution in [0.2, 0.25) is 0 Å². The predicted molar refractivity (Wildman–Crippen MR) is 119 cm³/mol. The van der Waals surface area contributed by atoms with Gasteiger partial charge in [-0.05, 0) is 61.2 Å². The Bertz CT molecular complexity index is 1090. The molecule has 30 heavy (non-hydrogen) atoms. The maximum absolute atomic E-state index is 12.6. The molecule has 1 atom stereocenters. The lowest BCUT2D eigenvalue weighted by Gasteiger charge is -2.16. The van der Waals surface area contributed by atoms with E-state index >= 15 is 0 Å². The summed E-state index contributed by atoms with van der Waals surface area (Å²) in [5.41, 5.74) is 4.96. The summed E-state index contributed by atoms with van der Waals surface area (Å²) in [6.07, 6.45) is 1.37. The number of amides is 2. The normalized spacial score (nSPS) is 16.2. The Labute approximate surface area is 180 Å². The van der Waals surface area contributed by atoms with Crippen LogP contribution in [0.3, 0.4) is 0 Å². The second-order valence-corrected chi connectivity index (χ2v) is 8.63. The van der Waals surface area contributed by atoms with Crippen molar-refractivity contribution in [2.24, 2.45) is 0 Å². The van der Waals surface area contributed by atoms with Crippen molar-refractivity contribution in [3.63, 3.8) is 0 Å². The molecule has 1 aromatic heterocycles. The fourth-order valence-electron chi connectivity index (χ4n) is 3.54. The van der Waals surface area contributed by atoms with Gasteiger partial charge in [-0.2, -0.15) is 0 Å². The fraction of sp³-hybridized carbons (Fsp3) is 0.304. The zero-order valence-corrected chi connectivity index (χ0v) is 18.1. The summed E-state index contributed by atoms with van der Waals surface area (Å²) >= 11 is 1.33. The van der Waals surface area contributed by atoms with E-state index in [2.05, 4.69) is 34.6 Å². The Morgan fingerprint density at radius 2 is 1.90 bits per heavy atom. The van der Waals surface area contributed by atoms with Crippen LogP contribution in [-0.2, 0) is 11.2 Å². The molecule has 154 valence electrons. The van der Waals surface area contributed by atoms with E-state index in [9.17, 15) is 9.59 Å². The Balaban J connectivity index is 1.44. The van der Waals surface area contributed by atoms with Gasteiger partial charge in [-0.1, -0.05) is 36.5 Å². The van der Waals surface area contributed by atoms with Crippen LogP contribution in [0.4, 0.5) is 10.8 Å². The minimum Gasteiger partial charge on any atom is -0.312 e. The van der Waals surface area contributed by atoms with Gasteiger partial charge in [0.05, 0.1) is 0 Å². The summed E-state index contributed by atoms with van der Waals surface area (Å²) < 4.78 is 0. The zero-order chi connectivity index (χ0) is 21.3. The number of rotatable bonds is 5. The van der Waals surface area contributed by atoms with Crippen LogP contribution in [0.15, 0.2) is 42.5 Å². The molecule has 0 radical (unpaired) electrons. The molecule has 3 aromatic rings. The van der Waals surface area contributed by atoms with Crippen molar-refractivity contribution in [1.82, 2.24) is 10.2 Å². The SMILES string of the molecule is CCc1ccc(N2C[C@H](c3nnc(NC(=O)c4ccc(C)c(C)c4)s3)CC2=O)cc1. The molecule has 2 aromatic carbocycles. The smallest absolute Gasteiger partial charge is 0.257 e. The van der Waals surface area contributed by atoms with Gasteiger partial charge in [-0.25, -0.2) is 0 Å². The minimum absolute atomic E-state index is 0.0203. The molecule has 2 heterocycles. The number of benzene rings is 2. The standard InChI is InChI=1S/C23H24N4O2S/c1-4-16-6-9-19(10-7-16)27-13-18(12-20(27)28)22-25-26-23(30-22)24-21(29)17-8-5-14(2)15(3)11-17/h5-11,18H,4,12-13H2,1-3H3,(H,24,26,29)/t18-/m1/s1. The van der Waals surface area contributed by atoms with Gasteiger partial charge in [0, 0.05) is 30.1 Å². The van der Waals surface area contributed by atoms with Crippen LogP contribution in [0, 0.1) is 13.8 Å². The molecule has 1 aliphatic rings. The topological polar surface area (TPSA) is 75.2 Å². The maximum atomic E-state index is 12.6. The molecule has 0 aliphatic carbocycles. The van der Waals surface area contributed by atoms with Gasteiger partial charge >= 0.3 is 0 Å². The monoisotopic (exact) mass is 420 g/mol. The number of aromatic nitrogens is 2. The van der Waals surface area contributed by atoms with Gasteiger partial charge in [0.1, 0.15) is 5.01 Å². The van der Waals surface area contributed by atoms with Crippen molar-refractivity contribution in [1.29, 1.82) is 0 Å². The van der Waals surface area contributed by atoms with Crippen molar-refractivity contribution in [3.8, 4) is 0 Å². The number of carbonyl (C=O) groups is 2. The van der Waals surface area contributed by atoms with Crippen LogP contribution in [-0.4, -0.2) is 28.6 Å². The van der Waals surface area contributed by atoms with E-state index in [4.69, 9.17) is 0 Å². The number of aryl methyl sites for hydroxylation is 3. The molecule has 0 unspecified atom stereocenters. The molecule has 0 saturated carbocycles. The van der Waals surface area contributed by atoms with E-state index in [-0.39, 0.29) is 17.7 Å². The van der Waals surface area contributed by atoms with Crippen molar-refractivity contribution in [3.05, 3.63) is 69.7 Å². The summed E-state index contributed by atoms with van der Waals surface area (Å²) in [7, 11) is 0. The van der Waals surface area contributed by atoms with Crippen molar-refractivity contribution in [2.45, 2.75) is 39.5 Å². The second-order valence-electron chi connectivity index (χ2n) is 7.62. The van der Waals surface area contributed by atoms with Crippen LogP contribution in [0.25, 0.3) is 0 Å². The molecule has 1 saturated heterocycles. The average molecular weight is 421 g/mol. The fourth-order valence-corrected chi connectivity index (χ4v) is 4.37. The number of anilines is 2. The first-order valence-corrected chi connectivity index (χ1v) is 10.9. The molecule has 0 spiro atoms. The maximum Gasteiger partial charge on any atom is 0.257 e. The summed E-state index contributed by atoms with van der Waals surface area (Å²) in [5, 5.41) is 12.4. The van der Waals surface area contributed by atoms with Gasteiger partial charge in [0.25, 0.3) is 5.91 Å². The first kappa shape index (κ1) is 20.2. The van der Waals surface area contributed by atoms with E-state index < -0.39 is 0 Å². The van der Waals surface area contributed by atoms with E-state index in [1.165, 1.54) is 16.9 Å². The number of nitrogens with one attached hydrogen (secondary N) is 1. The quantitative estimate of drug-likeness (QED) is 0.660. The van der Waals surface area contributed by atoms with Crippen LogP contribution >= 0.6 is 11.3 Å². The van der Waals surface area contributed by atoms with Crippen molar-refractivity contribution >= 4 is 34.0 Å². The number of nitrogens with zero attached hydrogens (tertiary/aromatic N) is 3. The Morgan fingerprint density at radius 3 is 2.60 bits per heavy atom. The van der Waals surface area contributed by atoms with Crippen LogP contribution < -0.4 is 10.2 Å². The molecule has 6 nitrogen and oxygen atoms in total. The highest BCUT2D eigenvalue weighted by molar-refractivity contribution is 7.15. The molecule has 2 amide bonds. The van der Waals surface area contributed by atoms with Crippen molar-refractivity contribution < 1.29 is 9.59 Å². The lowest BCUT2D eigenvalue weighted by molar-refractivity contribution is -0.117. The van der Waals surface area contributed by atoms with Crippen molar-refractivity contribution in [2.75, 3.05) is 16.8 Å². The number of hydrogen-bond acceptors (Lipinski definition) is 5. The first-order valence-electron chi connectivity index (χ1n) is 10.1. The molecular weight excluding hydrogens is 396 g/mol. The predicted octanol–water partition coefficient (Wildman–Crippen LogP) is 4.49.